The third-order valence-corrected chi connectivity index (χ3v) is 4.10. The molecule has 0 aliphatic heterocycles. The molecule has 0 fully saturated rings. The second-order valence-corrected chi connectivity index (χ2v) is 5.64. The Morgan fingerprint density at radius 1 is 1.43 bits per heavy atom. The van der Waals surface area contributed by atoms with Gasteiger partial charge in [0.2, 0.25) is 5.91 Å². The Balaban J connectivity index is 1.77. The molecule has 3 aromatic rings. The van der Waals surface area contributed by atoms with Crippen LogP contribution >= 0.6 is 11.3 Å². The van der Waals surface area contributed by atoms with E-state index in [0.29, 0.717) is 11.3 Å². The Hall–Kier alpha value is -2.18. The van der Waals surface area contributed by atoms with Crippen LogP contribution in [0.2, 0.25) is 0 Å². The minimum Gasteiger partial charge on any atom is -0.392 e. The summed E-state index contributed by atoms with van der Waals surface area (Å²) in [6.07, 6.45) is 2.20. The van der Waals surface area contributed by atoms with E-state index in [1.54, 1.807) is 12.1 Å². The lowest BCUT2D eigenvalue weighted by atomic mass is 10.2. The first-order chi connectivity index (χ1) is 10.2. The van der Waals surface area contributed by atoms with E-state index in [2.05, 4.69) is 10.3 Å². The first kappa shape index (κ1) is 13.8. The van der Waals surface area contributed by atoms with Crippen molar-refractivity contribution in [2.75, 3.05) is 5.32 Å². The molecule has 0 aliphatic carbocycles. The lowest BCUT2D eigenvalue weighted by Crippen LogP contribution is -2.16. The summed E-state index contributed by atoms with van der Waals surface area (Å²) in [6, 6.07) is 7.24. The molecule has 0 bridgehead atoms. The number of aliphatic hydroxyl groups is 1. The van der Waals surface area contributed by atoms with E-state index >= 15 is 0 Å². The van der Waals surface area contributed by atoms with Crippen molar-refractivity contribution in [2.45, 2.75) is 20.0 Å². The van der Waals surface area contributed by atoms with Crippen molar-refractivity contribution in [3.8, 4) is 0 Å². The number of benzene rings is 1. The van der Waals surface area contributed by atoms with Crippen molar-refractivity contribution < 1.29 is 9.90 Å². The summed E-state index contributed by atoms with van der Waals surface area (Å²) in [7, 11) is 0. The number of hydrogen-bond donors (Lipinski definition) is 2. The number of anilines is 1. The van der Waals surface area contributed by atoms with E-state index < -0.39 is 0 Å². The normalized spacial score (nSPS) is 11.0. The highest BCUT2D eigenvalue weighted by Gasteiger charge is 2.11. The number of rotatable bonds is 4. The second kappa shape index (κ2) is 5.67. The molecule has 5 nitrogen and oxygen atoms in total. The molecule has 0 spiro atoms. The summed E-state index contributed by atoms with van der Waals surface area (Å²) in [6.45, 7) is 1.83. The number of carbonyl (C=O) groups is 1. The minimum atomic E-state index is -0.109. The Labute approximate surface area is 125 Å². The number of hydrogen-bond acceptors (Lipinski definition) is 4. The quantitative estimate of drug-likeness (QED) is 0.777. The Bertz CT molecular complexity index is 791. The van der Waals surface area contributed by atoms with Gasteiger partial charge in [0.05, 0.1) is 18.7 Å². The molecule has 1 aromatic carbocycles. The van der Waals surface area contributed by atoms with Gasteiger partial charge < -0.3 is 10.4 Å². The summed E-state index contributed by atoms with van der Waals surface area (Å²) in [5, 5.41) is 14.1. The van der Waals surface area contributed by atoms with Gasteiger partial charge in [0.1, 0.15) is 0 Å². The van der Waals surface area contributed by atoms with E-state index in [-0.39, 0.29) is 18.9 Å². The minimum absolute atomic E-state index is 0.0974. The monoisotopic (exact) mass is 301 g/mol. The average Bonchev–Trinajstić information content (AvgIpc) is 3.00. The summed E-state index contributed by atoms with van der Waals surface area (Å²) in [5.74, 6) is -0.109. The molecule has 108 valence electrons. The van der Waals surface area contributed by atoms with Gasteiger partial charge in [0.15, 0.2) is 4.96 Å². The predicted octanol–water partition coefficient (Wildman–Crippen LogP) is 2.38. The number of aryl methyl sites for hydroxylation is 1. The molecule has 0 atom stereocenters. The highest BCUT2D eigenvalue weighted by atomic mass is 32.1. The maximum absolute atomic E-state index is 12.2. The first-order valence-corrected chi connectivity index (χ1v) is 7.46. The van der Waals surface area contributed by atoms with Crippen LogP contribution in [-0.4, -0.2) is 20.4 Å². The zero-order chi connectivity index (χ0) is 14.8. The molecular weight excluding hydrogens is 286 g/mol. The van der Waals surface area contributed by atoms with Crippen molar-refractivity contribution in [2.24, 2.45) is 0 Å². The van der Waals surface area contributed by atoms with E-state index in [1.165, 1.54) is 11.3 Å². The maximum atomic E-state index is 12.2. The van der Waals surface area contributed by atoms with Crippen molar-refractivity contribution in [3.63, 3.8) is 0 Å². The lowest BCUT2D eigenvalue weighted by molar-refractivity contribution is -0.115. The molecule has 1 amide bonds. The Morgan fingerprint density at radius 3 is 3.05 bits per heavy atom. The van der Waals surface area contributed by atoms with Crippen LogP contribution in [0.3, 0.4) is 0 Å². The number of fused-ring (bicyclic) bond motifs is 1. The van der Waals surface area contributed by atoms with Crippen molar-refractivity contribution in [1.82, 2.24) is 9.38 Å². The maximum Gasteiger partial charge on any atom is 0.230 e. The molecular formula is C15H15N3O2S. The van der Waals surface area contributed by atoms with E-state index in [4.69, 9.17) is 0 Å². The second-order valence-electron chi connectivity index (χ2n) is 4.80. The van der Waals surface area contributed by atoms with Gasteiger partial charge in [0.25, 0.3) is 0 Å². The number of aliphatic hydroxyl groups excluding tert-OH is 1. The number of amides is 1. The number of thiazole rings is 1. The van der Waals surface area contributed by atoms with Crippen molar-refractivity contribution >= 4 is 27.9 Å². The van der Waals surface area contributed by atoms with Crippen molar-refractivity contribution in [1.29, 1.82) is 0 Å². The molecule has 21 heavy (non-hydrogen) atoms. The summed E-state index contributed by atoms with van der Waals surface area (Å²) >= 11 is 1.52. The molecule has 2 N–H and O–H groups in total. The Morgan fingerprint density at radius 2 is 2.24 bits per heavy atom. The van der Waals surface area contributed by atoms with Gasteiger partial charge in [-0.05, 0) is 13.0 Å². The number of nitrogens with one attached hydrogen (secondary N) is 1. The van der Waals surface area contributed by atoms with Crippen LogP contribution in [0.4, 0.5) is 5.69 Å². The summed E-state index contributed by atoms with van der Waals surface area (Å²) < 4.78 is 1.94. The topological polar surface area (TPSA) is 66.6 Å². The number of carbonyl (C=O) groups excluding carboxylic acids is 1. The van der Waals surface area contributed by atoms with Crippen LogP contribution in [0, 0.1) is 6.92 Å². The van der Waals surface area contributed by atoms with E-state index in [1.807, 2.05) is 35.0 Å². The van der Waals surface area contributed by atoms with Gasteiger partial charge in [-0.15, -0.1) is 11.3 Å². The molecule has 0 unspecified atom stereocenters. The van der Waals surface area contributed by atoms with Gasteiger partial charge in [-0.1, -0.05) is 18.2 Å². The molecule has 0 aliphatic rings. The highest BCUT2D eigenvalue weighted by Crippen LogP contribution is 2.18. The number of aromatic nitrogens is 2. The molecule has 6 heteroatoms. The zero-order valence-electron chi connectivity index (χ0n) is 11.5. The lowest BCUT2D eigenvalue weighted by Gasteiger charge is -2.08. The van der Waals surface area contributed by atoms with Crippen LogP contribution in [0.25, 0.3) is 4.96 Å². The smallest absolute Gasteiger partial charge is 0.230 e. The number of para-hydroxylation sites is 1. The largest absolute Gasteiger partial charge is 0.392 e. The molecule has 3 rings (SSSR count). The van der Waals surface area contributed by atoms with Gasteiger partial charge in [-0.2, -0.15) is 0 Å². The zero-order valence-corrected chi connectivity index (χ0v) is 12.4. The fourth-order valence-corrected chi connectivity index (χ4v) is 3.13. The van der Waals surface area contributed by atoms with Crippen LogP contribution in [-0.2, 0) is 17.8 Å². The third-order valence-electron chi connectivity index (χ3n) is 3.21. The van der Waals surface area contributed by atoms with Crippen LogP contribution in [0.15, 0.2) is 35.8 Å². The average molecular weight is 301 g/mol. The first-order valence-electron chi connectivity index (χ1n) is 6.58. The van der Waals surface area contributed by atoms with E-state index in [0.717, 1.165) is 16.3 Å². The predicted molar refractivity (Wildman–Crippen MR) is 82.5 cm³/mol. The van der Waals surface area contributed by atoms with Gasteiger partial charge >= 0.3 is 0 Å². The summed E-state index contributed by atoms with van der Waals surface area (Å²) in [5.41, 5.74) is 3.21. The van der Waals surface area contributed by atoms with Crippen LogP contribution < -0.4 is 5.32 Å². The van der Waals surface area contributed by atoms with Crippen molar-refractivity contribution in [3.05, 3.63) is 52.8 Å². The molecule has 0 radical (unpaired) electrons. The highest BCUT2D eigenvalue weighted by molar-refractivity contribution is 7.15. The SMILES string of the molecule is Cc1cn2c(CC(=O)Nc3ccccc3CO)csc2n1. The summed E-state index contributed by atoms with van der Waals surface area (Å²) in [4.78, 5) is 17.4. The van der Waals surface area contributed by atoms with Gasteiger partial charge in [0, 0.05) is 28.5 Å². The number of imidazole rings is 1. The van der Waals surface area contributed by atoms with Crippen LogP contribution in [0.1, 0.15) is 17.0 Å². The third kappa shape index (κ3) is 2.81. The van der Waals surface area contributed by atoms with E-state index in [9.17, 15) is 9.90 Å². The fourth-order valence-electron chi connectivity index (χ4n) is 2.21. The Kier molecular flexibility index (Phi) is 3.72. The van der Waals surface area contributed by atoms with Gasteiger partial charge in [-0.25, -0.2) is 4.98 Å². The molecule has 0 saturated carbocycles. The standard InChI is InChI=1S/C15H15N3O2S/c1-10-7-18-12(9-21-15(18)16-10)6-14(20)17-13-5-3-2-4-11(13)8-19/h2-5,7,9,19H,6,8H2,1H3,(H,17,20). The molecule has 2 aromatic heterocycles. The molecule has 0 saturated heterocycles. The number of nitrogens with zero attached hydrogens (tertiary/aromatic N) is 2. The molecule has 2 heterocycles. The fraction of sp³-hybridized carbons (Fsp3) is 0.200. The van der Waals surface area contributed by atoms with Crippen LogP contribution in [0.5, 0.6) is 0 Å². The van der Waals surface area contributed by atoms with Gasteiger partial charge in [-0.3, -0.25) is 9.20 Å².